The predicted octanol–water partition coefficient (Wildman–Crippen LogP) is 5.79. The second-order valence-electron chi connectivity index (χ2n) is 10.8. The van der Waals surface area contributed by atoms with Gasteiger partial charge in [-0.1, -0.05) is 80.6 Å². The molecule has 1 aliphatic rings. The summed E-state index contributed by atoms with van der Waals surface area (Å²) < 4.78 is 1.77. The molecule has 1 aromatic heterocycles. The van der Waals surface area contributed by atoms with E-state index in [-0.39, 0.29) is 17.5 Å². The Hall–Kier alpha value is -3.74. The molecule has 5 rings (SSSR count). The normalized spacial score (nSPS) is 16.1. The van der Waals surface area contributed by atoms with E-state index in [4.69, 9.17) is 0 Å². The molecular formula is C34H40N4O2. The Kier molecular flexibility index (Phi) is 8.78. The average molecular weight is 537 g/mol. The summed E-state index contributed by atoms with van der Waals surface area (Å²) in [5, 5.41) is 4.57. The second-order valence-corrected chi connectivity index (χ2v) is 10.8. The van der Waals surface area contributed by atoms with Crippen molar-refractivity contribution in [2.75, 3.05) is 26.2 Å². The molecule has 2 heterocycles. The van der Waals surface area contributed by atoms with E-state index in [0.717, 1.165) is 56.0 Å². The van der Waals surface area contributed by atoms with Crippen LogP contribution in [-0.2, 0) is 6.54 Å². The number of amides is 1. The van der Waals surface area contributed by atoms with Crippen LogP contribution in [0.2, 0.25) is 0 Å². The summed E-state index contributed by atoms with van der Waals surface area (Å²) in [6.45, 7) is 10.9. The third-order valence-corrected chi connectivity index (χ3v) is 8.34. The summed E-state index contributed by atoms with van der Waals surface area (Å²) in [6, 6.07) is 27.7. The molecule has 40 heavy (non-hydrogen) atoms. The van der Waals surface area contributed by atoms with Gasteiger partial charge < -0.3 is 5.32 Å². The first kappa shape index (κ1) is 27.8. The van der Waals surface area contributed by atoms with Gasteiger partial charge >= 0.3 is 0 Å². The number of nitrogens with one attached hydrogen (secondary N) is 1. The molecule has 1 N–H and O–H groups in total. The zero-order chi connectivity index (χ0) is 28.1. The van der Waals surface area contributed by atoms with Crippen molar-refractivity contribution in [3.63, 3.8) is 0 Å². The van der Waals surface area contributed by atoms with Crippen molar-refractivity contribution in [1.29, 1.82) is 0 Å². The van der Waals surface area contributed by atoms with E-state index in [0.29, 0.717) is 28.9 Å². The average Bonchev–Trinajstić information content (AvgIpc) is 3.01. The fourth-order valence-corrected chi connectivity index (χ4v) is 5.82. The molecule has 6 heteroatoms. The first-order valence-corrected chi connectivity index (χ1v) is 14.6. The van der Waals surface area contributed by atoms with Gasteiger partial charge in [0.25, 0.3) is 11.5 Å². The lowest BCUT2D eigenvalue weighted by Crippen LogP contribution is -2.49. The number of hydrogen-bond donors (Lipinski definition) is 1. The quantitative estimate of drug-likeness (QED) is 0.294. The number of benzene rings is 3. The number of pyridine rings is 1. The summed E-state index contributed by atoms with van der Waals surface area (Å²) >= 11 is 0. The highest BCUT2D eigenvalue weighted by atomic mass is 16.2. The van der Waals surface area contributed by atoms with Crippen LogP contribution in [0.1, 0.15) is 61.3 Å². The molecule has 1 fully saturated rings. The lowest BCUT2D eigenvalue weighted by molar-refractivity contribution is 0.0908. The minimum Gasteiger partial charge on any atom is -0.345 e. The lowest BCUT2D eigenvalue weighted by atomic mass is 9.99. The van der Waals surface area contributed by atoms with Gasteiger partial charge in [-0.3, -0.25) is 24.0 Å². The molecule has 1 saturated heterocycles. The highest BCUT2D eigenvalue weighted by Crippen LogP contribution is 2.26. The van der Waals surface area contributed by atoms with E-state index in [1.807, 2.05) is 72.8 Å². The van der Waals surface area contributed by atoms with E-state index in [9.17, 15) is 9.59 Å². The first-order valence-electron chi connectivity index (χ1n) is 14.6. The van der Waals surface area contributed by atoms with Crippen LogP contribution in [-0.4, -0.2) is 52.5 Å². The summed E-state index contributed by atoms with van der Waals surface area (Å²) in [7, 11) is 0. The van der Waals surface area contributed by atoms with Crippen LogP contribution in [0.5, 0.6) is 0 Å². The Morgan fingerprint density at radius 3 is 2.02 bits per heavy atom. The topological polar surface area (TPSA) is 57.6 Å². The zero-order valence-corrected chi connectivity index (χ0v) is 23.8. The SMILES string of the molecule is CCC(NC(=O)c1c(CN2CCN([C@@H](C)CC)CC2)n(-c2ccccc2)c(=O)c2ccccc12)c1ccccc1. The van der Waals surface area contributed by atoms with Crippen molar-refractivity contribution >= 4 is 16.7 Å². The molecule has 6 nitrogen and oxygen atoms in total. The highest BCUT2D eigenvalue weighted by molar-refractivity contribution is 6.08. The fraction of sp³-hybridized carbons (Fsp3) is 0.353. The molecule has 1 unspecified atom stereocenters. The van der Waals surface area contributed by atoms with Crippen LogP contribution in [0.25, 0.3) is 16.5 Å². The second kappa shape index (κ2) is 12.6. The van der Waals surface area contributed by atoms with E-state index >= 15 is 0 Å². The summed E-state index contributed by atoms with van der Waals surface area (Å²) in [5.41, 5.74) is 3.07. The van der Waals surface area contributed by atoms with E-state index < -0.39 is 0 Å². The number of fused-ring (bicyclic) bond motifs is 1. The monoisotopic (exact) mass is 536 g/mol. The molecule has 4 aromatic rings. The minimum absolute atomic E-state index is 0.0957. The van der Waals surface area contributed by atoms with Crippen molar-refractivity contribution < 1.29 is 4.79 Å². The van der Waals surface area contributed by atoms with Gasteiger partial charge in [0.05, 0.1) is 17.3 Å². The van der Waals surface area contributed by atoms with Crippen molar-refractivity contribution in [3.8, 4) is 5.69 Å². The smallest absolute Gasteiger partial charge is 0.263 e. The van der Waals surface area contributed by atoms with Crippen LogP contribution < -0.4 is 10.9 Å². The Morgan fingerprint density at radius 2 is 1.40 bits per heavy atom. The number of hydrogen-bond acceptors (Lipinski definition) is 4. The van der Waals surface area contributed by atoms with Crippen molar-refractivity contribution in [3.05, 3.63) is 112 Å². The molecule has 2 atom stereocenters. The Balaban J connectivity index is 1.62. The largest absolute Gasteiger partial charge is 0.345 e. The van der Waals surface area contributed by atoms with Crippen molar-refractivity contribution in [2.45, 2.75) is 52.2 Å². The highest BCUT2D eigenvalue weighted by Gasteiger charge is 2.27. The Bertz CT molecular complexity index is 1490. The molecule has 1 aliphatic heterocycles. The fourth-order valence-electron chi connectivity index (χ4n) is 5.82. The maximum Gasteiger partial charge on any atom is 0.263 e. The zero-order valence-electron chi connectivity index (χ0n) is 23.8. The van der Waals surface area contributed by atoms with Gasteiger partial charge in [0.15, 0.2) is 0 Å². The van der Waals surface area contributed by atoms with Crippen molar-refractivity contribution in [2.24, 2.45) is 0 Å². The summed E-state index contributed by atoms with van der Waals surface area (Å²) in [5.74, 6) is -0.148. The number of carbonyl (C=O) groups is 1. The summed E-state index contributed by atoms with van der Waals surface area (Å²) in [6.07, 6.45) is 1.89. The van der Waals surface area contributed by atoms with Gasteiger partial charge in [-0.25, -0.2) is 0 Å². The number of rotatable bonds is 9. The number of piperazine rings is 1. The standard InChI is InChI=1S/C34H40N4O2/c1-4-25(3)37-22-20-36(21-23-37)24-31-32(33(39)35-30(5-2)26-14-8-6-9-15-26)28-18-12-13-19-29(28)34(40)38(31)27-16-10-7-11-17-27/h6-19,25,30H,4-5,20-24H2,1-3H3,(H,35,39)/t25-,30?/m0/s1. The molecule has 1 amide bonds. The van der Waals surface area contributed by atoms with E-state index in [2.05, 4.69) is 48.0 Å². The molecule has 0 saturated carbocycles. The Morgan fingerprint density at radius 1 is 0.800 bits per heavy atom. The van der Waals surface area contributed by atoms with Gasteiger partial charge in [-0.2, -0.15) is 0 Å². The minimum atomic E-state index is -0.148. The molecule has 0 bridgehead atoms. The van der Waals surface area contributed by atoms with Gasteiger partial charge in [-0.15, -0.1) is 0 Å². The summed E-state index contributed by atoms with van der Waals surface area (Å²) in [4.78, 5) is 33.2. The van der Waals surface area contributed by atoms with Gasteiger partial charge in [0.1, 0.15) is 0 Å². The molecule has 0 spiro atoms. The van der Waals surface area contributed by atoms with Crippen LogP contribution in [0, 0.1) is 0 Å². The van der Waals surface area contributed by atoms with Gasteiger partial charge in [0.2, 0.25) is 0 Å². The third-order valence-electron chi connectivity index (χ3n) is 8.34. The third kappa shape index (κ3) is 5.74. The molecular weight excluding hydrogens is 496 g/mol. The molecule has 208 valence electrons. The van der Waals surface area contributed by atoms with Crippen LogP contribution >= 0.6 is 0 Å². The van der Waals surface area contributed by atoms with Crippen molar-refractivity contribution in [1.82, 2.24) is 19.7 Å². The van der Waals surface area contributed by atoms with Crippen LogP contribution in [0.15, 0.2) is 89.7 Å². The number of aromatic nitrogens is 1. The van der Waals surface area contributed by atoms with Crippen LogP contribution in [0.3, 0.4) is 0 Å². The number of carbonyl (C=O) groups excluding carboxylic acids is 1. The van der Waals surface area contributed by atoms with E-state index in [1.54, 1.807) is 4.57 Å². The lowest BCUT2D eigenvalue weighted by Gasteiger charge is -2.38. The maximum atomic E-state index is 14.3. The number of nitrogens with zero attached hydrogens (tertiary/aromatic N) is 3. The Labute approximate surface area is 237 Å². The number of para-hydroxylation sites is 1. The maximum absolute atomic E-state index is 14.3. The van der Waals surface area contributed by atoms with Gasteiger partial charge in [0, 0.05) is 55.2 Å². The molecule has 0 radical (unpaired) electrons. The van der Waals surface area contributed by atoms with Gasteiger partial charge in [-0.05, 0) is 43.5 Å². The van der Waals surface area contributed by atoms with Crippen LogP contribution in [0.4, 0.5) is 0 Å². The molecule has 3 aromatic carbocycles. The predicted molar refractivity (Wildman–Crippen MR) is 163 cm³/mol. The van der Waals surface area contributed by atoms with E-state index in [1.165, 1.54) is 0 Å². The molecule has 0 aliphatic carbocycles. The first-order chi connectivity index (χ1) is 19.5.